The summed E-state index contributed by atoms with van der Waals surface area (Å²) in [5.74, 6) is 0.123. The molecule has 2 aromatic rings. The number of hydrogen-bond acceptors (Lipinski definition) is 4. The number of pyridine rings is 1. The van der Waals surface area contributed by atoms with Crippen molar-refractivity contribution in [3.05, 3.63) is 41.8 Å². The van der Waals surface area contributed by atoms with Gasteiger partial charge in [0.1, 0.15) is 5.82 Å². The lowest BCUT2D eigenvalue weighted by molar-refractivity contribution is -0.140. The Kier molecular flexibility index (Phi) is 4.95. The maximum atomic E-state index is 13.6. The number of benzene rings is 1. The SMILES string of the molecule is COC(=O)CC(C)SCc1cc(F)cc2cccnc12. The molecule has 2 rings (SSSR count). The Morgan fingerprint density at radius 1 is 1.50 bits per heavy atom. The van der Waals surface area contributed by atoms with E-state index in [2.05, 4.69) is 9.72 Å². The zero-order valence-electron chi connectivity index (χ0n) is 11.4. The van der Waals surface area contributed by atoms with Gasteiger partial charge in [-0.25, -0.2) is 4.39 Å². The van der Waals surface area contributed by atoms with E-state index in [0.717, 1.165) is 16.5 Å². The zero-order valence-corrected chi connectivity index (χ0v) is 12.2. The number of rotatable bonds is 5. The summed E-state index contributed by atoms with van der Waals surface area (Å²) in [4.78, 5) is 15.5. The van der Waals surface area contributed by atoms with Crippen LogP contribution in [0.15, 0.2) is 30.5 Å². The summed E-state index contributed by atoms with van der Waals surface area (Å²) < 4.78 is 18.2. The molecule has 3 nitrogen and oxygen atoms in total. The van der Waals surface area contributed by atoms with Crippen molar-refractivity contribution in [1.82, 2.24) is 4.98 Å². The van der Waals surface area contributed by atoms with E-state index < -0.39 is 0 Å². The van der Waals surface area contributed by atoms with Crippen LogP contribution in [0.25, 0.3) is 10.9 Å². The molecule has 1 aromatic carbocycles. The molecule has 1 aromatic heterocycles. The van der Waals surface area contributed by atoms with E-state index in [0.29, 0.717) is 12.2 Å². The van der Waals surface area contributed by atoms with Crippen LogP contribution in [0.4, 0.5) is 4.39 Å². The number of ether oxygens (including phenoxy) is 1. The van der Waals surface area contributed by atoms with Crippen molar-refractivity contribution >= 4 is 28.6 Å². The Bertz CT molecular complexity index is 618. The zero-order chi connectivity index (χ0) is 14.5. The molecule has 0 aliphatic heterocycles. The van der Waals surface area contributed by atoms with Crippen molar-refractivity contribution in [3.8, 4) is 0 Å². The highest BCUT2D eigenvalue weighted by Gasteiger charge is 2.12. The van der Waals surface area contributed by atoms with E-state index >= 15 is 0 Å². The predicted molar refractivity (Wildman–Crippen MR) is 79.1 cm³/mol. The first-order valence-electron chi connectivity index (χ1n) is 6.31. The van der Waals surface area contributed by atoms with Gasteiger partial charge in [0, 0.05) is 22.6 Å². The first-order chi connectivity index (χ1) is 9.60. The molecule has 0 amide bonds. The van der Waals surface area contributed by atoms with Crippen LogP contribution in [0.2, 0.25) is 0 Å². The number of fused-ring (bicyclic) bond motifs is 1. The third-order valence-electron chi connectivity index (χ3n) is 2.95. The van der Waals surface area contributed by atoms with Crippen LogP contribution in [0.1, 0.15) is 18.9 Å². The van der Waals surface area contributed by atoms with Gasteiger partial charge in [0.15, 0.2) is 0 Å². The maximum absolute atomic E-state index is 13.6. The van der Waals surface area contributed by atoms with E-state index in [1.807, 2.05) is 13.0 Å². The lowest BCUT2D eigenvalue weighted by Crippen LogP contribution is -2.08. The van der Waals surface area contributed by atoms with Crippen LogP contribution in [0.5, 0.6) is 0 Å². The quantitative estimate of drug-likeness (QED) is 0.790. The summed E-state index contributed by atoms with van der Waals surface area (Å²) in [6.45, 7) is 1.95. The van der Waals surface area contributed by atoms with Crippen LogP contribution in [0.3, 0.4) is 0 Å². The molecule has 20 heavy (non-hydrogen) atoms. The molecule has 0 fully saturated rings. The number of nitrogens with zero attached hydrogens (tertiary/aromatic N) is 1. The summed E-state index contributed by atoms with van der Waals surface area (Å²) in [6.07, 6.45) is 2.05. The highest BCUT2D eigenvalue weighted by molar-refractivity contribution is 7.99. The summed E-state index contributed by atoms with van der Waals surface area (Å²) in [5, 5.41) is 0.910. The predicted octanol–water partition coefficient (Wildman–Crippen LogP) is 3.56. The number of carbonyl (C=O) groups excluding carboxylic acids is 1. The number of aromatic nitrogens is 1. The van der Waals surface area contributed by atoms with Crippen molar-refractivity contribution in [1.29, 1.82) is 0 Å². The van der Waals surface area contributed by atoms with Crippen molar-refractivity contribution in [2.24, 2.45) is 0 Å². The molecule has 5 heteroatoms. The summed E-state index contributed by atoms with van der Waals surface area (Å²) in [7, 11) is 1.38. The minimum absolute atomic E-state index is 0.115. The average molecular weight is 293 g/mol. The second kappa shape index (κ2) is 6.70. The lowest BCUT2D eigenvalue weighted by atomic mass is 10.1. The minimum atomic E-state index is -0.262. The standard InChI is InChI=1S/C15H16FNO2S/c1-10(6-14(18)19-2)20-9-12-8-13(16)7-11-4-3-5-17-15(11)12/h3-5,7-8,10H,6,9H2,1-2H3. The maximum Gasteiger partial charge on any atom is 0.306 e. The topological polar surface area (TPSA) is 39.2 Å². The largest absolute Gasteiger partial charge is 0.469 e. The Hall–Kier alpha value is -1.62. The Labute approximate surface area is 121 Å². The Balaban J connectivity index is 2.11. The molecule has 0 bridgehead atoms. The number of thioether (sulfide) groups is 1. The van der Waals surface area contributed by atoms with E-state index in [4.69, 9.17) is 0 Å². The number of hydrogen-bond donors (Lipinski definition) is 0. The summed E-state index contributed by atoms with van der Waals surface area (Å²) in [6, 6.07) is 6.62. The molecule has 0 aliphatic rings. The minimum Gasteiger partial charge on any atom is -0.469 e. The van der Waals surface area contributed by atoms with Gasteiger partial charge in [-0.05, 0) is 23.8 Å². The third kappa shape index (κ3) is 3.70. The van der Waals surface area contributed by atoms with Gasteiger partial charge in [-0.1, -0.05) is 13.0 Å². The van der Waals surface area contributed by atoms with Crippen LogP contribution >= 0.6 is 11.8 Å². The van der Waals surface area contributed by atoms with Crippen LogP contribution in [-0.2, 0) is 15.3 Å². The van der Waals surface area contributed by atoms with Gasteiger partial charge in [-0.15, -0.1) is 0 Å². The highest BCUT2D eigenvalue weighted by Crippen LogP contribution is 2.25. The molecule has 1 unspecified atom stereocenters. The average Bonchev–Trinajstić information content (AvgIpc) is 2.44. The molecule has 0 saturated carbocycles. The fourth-order valence-corrected chi connectivity index (χ4v) is 2.88. The van der Waals surface area contributed by atoms with Gasteiger partial charge in [0.05, 0.1) is 19.0 Å². The Morgan fingerprint density at radius 3 is 3.05 bits per heavy atom. The molecule has 0 N–H and O–H groups in total. The van der Waals surface area contributed by atoms with Gasteiger partial charge in [0.25, 0.3) is 0 Å². The normalized spacial score (nSPS) is 12.3. The Morgan fingerprint density at radius 2 is 2.30 bits per heavy atom. The van der Waals surface area contributed by atoms with Crippen LogP contribution in [-0.4, -0.2) is 23.3 Å². The summed E-state index contributed by atoms with van der Waals surface area (Å²) in [5.41, 5.74) is 1.66. The van der Waals surface area contributed by atoms with Crippen molar-refractivity contribution in [2.45, 2.75) is 24.3 Å². The molecule has 0 saturated heterocycles. The fraction of sp³-hybridized carbons (Fsp3) is 0.333. The molecule has 1 atom stereocenters. The first kappa shape index (κ1) is 14.8. The molecule has 1 heterocycles. The molecule has 0 spiro atoms. The van der Waals surface area contributed by atoms with Gasteiger partial charge < -0.3 is 4.74 Å². The van der Waals surface area contributed by atoms with Crippen LogP contribution < -0.4 is 0 Å². The van der Waals surface area contributed by atoms with Gasteiger partial charge in [-0.3, -0.25) is 9.78 Å². The van der Waals surface area contributed by atoms with E-state index in [1.165, 1.54) is 19.2 Å². The van der Waals surface area contributed by atoms with E-state index in [9.17, 15) is 9.18 Å². The second-order valence-electron chi connectivity index (χ2n) is 4.54. The van der Waals surface area contributed by atoms with Gasteiger partial charge in [-0.2, -0.15) is 11.8 Å². The molecular formula is C15H16FNO2S. The third-order valence-corrected chi connectivity index (χ3v) is 4.17. The molecule has 106 valence electrons. The first-order valence-corrected chi connectivity index (χ1v) is 7.36. The summed E-state index contributed by atoms with van der Waals surface area (Å²) >= 11 is 1.59. The van der Waals surface area contributed by atoms with Crippen molar-refractivity contribution < 1.29 is 13.9 Å². The smallest absolute Gasteiger partial charge is 0.306 e. The molecule has 0 aliphatic carbocycles. The van der Waals surface area contributed by atoms with Gasteiger partial charge in [0.2, 0.25) is 0 Å². The number of carbonyl (C=O) groups is 1. The molecule has 0 radical (unpaired) electrons. The van der Waals surface area contributed by atoms with Crippen LogP contribution in [0, 0.1) is 5.82 Å². The van der Waals surface area contributed by atoms with E-state index in [-0.39, 0.29) is 17.0 Å². The second-order valence-corrected chi connectivity index (χ2v) is 5.97. The van der Waals surface area contributed by atoms with Gasteiger partial charge >= 0.3 is 5.97 Å². The van der Waals surface area contributed by atoms with Crippen molar-refractivity contribution in [3.63, 3.8) is 0 Å². The monoisotopic (exact) mass is 293 g/mol. The molecular weight excluding hydrogens is 277 g/mol. The number of esters is 1. The lowest BCUT2D eigenvalue weighted by Gasteiger charge is -2.11. The number of halogens is 1. The van der Waals surface area contributed by atoms with Crippen molar-refractivity contribution in [2.75, 3.05) is 7.11 Å². The highest BCUT2D eigenvalue weighted by atomic mass is 32.2. The number of methoxy groups -OCH3 is 1. The fourth-order valence-electron chi connectivity index (χ4n) is 1.95. The van der Waals surface area contributed by atoms with E-state index in [1.54, 1.807) is 24.0 Å².